The van der Waals surface area contributed by atoms with Gasteiger partial charge >= 0.3 is 0 Å². The summed E-state index contributed by atoms with van der Waals surface area (Å²) in [4.78, 5) is 0. The number of nitrogens with one attached hydrogen (secondary N) is 1. The van der Waals surface area contributed by atoms with Crippen LogP contribution in [-0.2, 0) is 6.54 Å². The van der Waals surface area contributed by atoms with E-state index in [0.29, 0.717) is 10.0 Å². The number of benzene rings is 2. The molecule has 98 valence electrons. The summed E-state index contributed by atoms with van der Waals surface area (Å²) in [7, 11) is 0. The Kier molecular flexibility index (Phi) is 3.67. The maximum Gasteiger partial charge on any atom is 0.0721 e. The van der Waals surface area contributed by atoms with Crippen LogP contribution in [0.25, 0.3) is 0 Å². The predicted octanol–water partition coefficient (Wildman–Crippen LogP) is 5.48. The summed E-state index contributed by atoms with van der Waals surface area (Å²) in [6, 6.07) is 14.3. The summed E-state index contributed by atoms with van der Waals surface area (Å²) in [5.41, 5.74) is 3.50. The number of anilines is 1. The lowest BCUT2D eigenvalue weighted by Gasteiger charge is -2.10. The number of halogens is 2. The molecule has 0 spiro atoms. The van der Waals surface area contributed by atoms with Crippen LogP contribution in [0.15, 0.2) is 42.5 Å². The van der Waals surface area contributed by atoms with Crippen LogP contribution in [0.4, 0.5) is 5.69 Å². The van der Waals surface area contributed by atoms with Crippen molar-refractivity contribution in [1.29, 1.82) is 0 Å². The van der Waals surface area contributed by atoms with Crippen molar-refractivity contribution in [3.8, 4) is 0 Å². The Labute approximate surface area is 123 Å². The molecule has 0 saturated heterocycles. The van der Waals surface area contributed by atoms with Crippen molar-refractivity contribution in [3.63, 3.8) is 0 Å². The molecule has 0 radical (unpaired) electrons. The Morgan fingerprint density at radius 1 is 0.947 bits per heavy atom. The summed E-state index contributed by atoms with van der Waals surface area (Å²) < 4.78 is 0. The van der Waals surface area contributed by atoms with Crippen LogP contribution in [-0.4, -0.2) is 0 Å². The molecule has 1 saturated carbocycles. The lowest BCUT2D eigenvalue weighted by Crippen LogP contribution is -2.00. The van der Waals surface area contributed by atoms with Gasteiger partial charge in [-0.25, -0.2) is 0 Å². The molecule has 0 amide bonds. The molecular weight excluding hydrogens is 277 g/mol. The van der Waals surface area contributed by atoms with Gasteiger partial charge < -0.3 is 5.32 Å². The first-order chi connectivity index (χ1) is 9.24. The monoisotopic (exact) mass is 291 g/mol. The Morgan fingerprint density at radius 2 is 1.58 bits per heavy atom. The van der Waals surface area contributed by atoms with Crippen molar-refractivity contribution >= 4 is 28.9 Å². The Morgan fingerprint density at radius 3 is 2.16 bits per heavy atom. The molecule has 1 fully saturated rings. The van der Waals surface area contributed by atoms with Gasteiger partial charge in [0.25, 0.3) is 0 Å². The second-order valence-electron chi connectivity index (χ2n) is 4.97. The van der Waals surface area contributed by atoms with Crippen LogP contribution < -0.4 is 5.32 Å². The molecule has 3 rings (SSSR count). The van der Waals surface area contributed by atoms with Crippen LogP contribution in [0.1, 0.15) is 29.9 Å². The zero-order valence-electron chi connectivity index (χ0n) is 10.5. The highest BCUT2D eigenvalue weighted by Crippen LogP contribution is 2.40. The second kappa shape index (κ2) is 5.44. The Balaban J connectivity index is 1.68. The molecule has 0 bridgehead atoms. The first kappa shape index (κ1) is 12.8. The highest BCUT2D eigenvalue weighted by Gasteiger charge is 2.22. The van der Waals surface area contributed by atoms with Crippen molar-refractivity contribution in [2.75, 3.05) is 5.32 Å². The van der Waals surface area contributed by atoms with E-state index in [0.717, 1.165) is 18.2 Å². The van der Waals surface area contributed by atoms with Gasteiger partial charge in [0.05, 0.1) is 15.7 Å². The van der Waals surface area contributed by atoms with E-state index < -0.39 is 0 Å². The average Bonchev–Trinajstić information content (AvgIpc) is 3.23. The molecule has 1 aliphatic carbocycles. The minimum Gasteiger partial charge on any atom is -0.379 e. The van der Waals surface area contributed by atoms with Crippen LogP contribution in [0, 0.1) is 0 Å². The molecule has 0 heterocycles. The Bertz CT molecular complexity index is 554. The van der Waals surface area contributed by atoms with Gasteiger partial charge in [-0.3, -0.25) is 0 Å². The molecule has 1 aliphatic rings. The zero-order chi connectivity index (χ0) is 13.2. The summed E-state index contributed by atoms with van der Waals surface area (Å²) in [6.45, 7) is 0.731. The summed E-state index contributed by atoms with van der Waals surface area (Å²) in [5.74, 6) is 0.806. The van der Waals surface area contributed by atoms with Gasteiger partial charge in [-0.15, -0.1) is 0 Å². The Hall–Kier alpha value is -1.18. The molecule has 0 atom stereocenters. The zero-order valence-corrected chi connectivity index (χ0v) is 12.0. The smallest absolute Gasteiger partial charge is 0.0721 e. The third kappa shape index (κ3) is 3.05. The molecule has 0 unspecified atom stereocenters. The summed E-state index contributed by atoms with van der Waals surface area (Å²) in [5, 5.41) is 4.61. The molecule has 3 heteroatoms. The molecule has 0 aliphatic heterocycles. The number of para-hydroxylation sites is 1. The van der Waals surface area contributed by atoms with Crippen LogP contribution >= 0.6 is 23.2 Å². The fourth-order valence-electron chi connectivity index (χ4n) is 2.18. The van der Waals surface area contributed by atoms with E-state index in [1.54, 1.807) is 0 Å². The van der Waals surface area contributed by atoms with E-state index in [1.807, 2.05) is 18.2 Å². The van der Waals surface area contributed by atoms with E-state index in [4.69, 9.17) is 23.2 Å². The van der Waals surface area contributed by atoms with E-state index >= 15 is 0 Å². The van der Waals surface area contributed by atoms with Crippen LogP contribution in [0.2, 0.25) is 10.0 Å². The van der Waals surface area contributed by atoms with Gasteiger partial charge in [0.15, 0.2) is 0 Å². The third-order valence-corrected chi connectivity index (χ3v) is 4.09. The minimum atomic E-state index is 0.655. The molecular formula is C16H15Cl2N. The highest BCUT2D eigenvalue weighted by atomic mass is 35.5. The maximum atomic E-state index is 6.12. The molecule has 2 aromatic carbocycles. The first-order valence-electron chi connectivity index (χ1n) is 6.51. The maximum absolute atomic E-state index is 6.12. The SMILES string of the molecule is Clc1cccc(Cl)c1NCc1ccc(C2CC2)cc1. The quantitative estimate of drug-likeness (QED) is 0.786. The fraction of sp³-hybridized carbons (Fsp3) is 0.250. The van der Waals surface area contributed by atoms with Crippen molar-refractivity contribution in [2.24, 2.45) is 0 Å². The molecule has 19 heavy (non-hydrogen) atoms. The van der Waals surface area contributed by atoms with Gasteiger partial charge in [0, 0.05) is 6.54 Å². The molecule has 2 aromatic rings. The van der Waals surface area contributed by atoms with Gasteiger partial charge in [0.1, 0.15) is 0 Å². The molecule has 1 N–H and O–H groups in total. The summed E-state index contributed by atoms with van der Waals surface area (Å²) in [6.07, 6.45) is 2.68. The van der Waals surface area contributed by atoms with Gasteiger partial charge in [-0.1, -0.05) is 53.5 Å². The van der Waals surface area contributed by atoms with Gasteiger partial charge in [0.2, 0.25) is 0 Å². The lowest BCUT2D eigenvalue weighted by molar-refractivity contribution is 1.10. The fourth-order valence-corrected chi connectivity index (χ4v) is 2.71. The van der Waals surface area contributed by atoms with Crippen molar-refractivity contribution < 1.29 is 0 Å². The largest absolute Gasteiger partial charge is 0.379 e. The van der Waals surface area contributed by atoms with Gasteiger partial charge in [-0.05, 0) is 42.0 Å². The summed E-state index contributed by atoms with van der Waals surface area (Å²) >= 11 is 12.2. The van der Waals surface area contributed by atoms with E-state index in [2.05, 4.69) is 29.6 Å². The van der Waals surface area contributed by atoms with Crippen LogP contribution in [0.3, 0.4) is 0 Å². The third-order valence-electron chi connectivity index (χ3n) is 3.46. The topological polar surface area (TPSA) is 12.0 Å². The van der Waals surface area contributed by atoms with E-state index in [-0.39, 0.29) is 0 Å². The highest BCUT2D eigenvalue weighted by molar-refractivity contribution is 6.39. The number of hydrogen-bond acceptors (Lipinski definition) is 1. The van der Waals surface area contributed by atoms with Crippen molar-refractivity contribution in [3.05, 3.63) is 63.6 Å². The van der Waals surface area contributed by atoms with Crippen molar-refractivity contribution in [2.45, 2.75) is 25.3 Å². The number of hydrogen-bond donors (Lipinski definition) is 1. The second-order valence-corrected chi connectivity index (χ2v) is 5.78. The standard InChI is InChI=1S/C16H15Cl2N/c17-14-2-1-3-15(18)16(14)19-10-11-4-6-12(7-5-11)13-8-9-13/h1-7,13,19H,8-10H2. The number of rotatable bonds is 4. The molecule has 0 aromatic heterocycles. The van der Waals surface area contributed by atoms with E-state index in [9.17, 15) is 0 Å². The van der Waals surface area contributed by atoms with E-state index in [1.165, 1.54) is 24.0 Å². The lowest BCUT2D eigenvalue weighted by atomic mass is 10.1. The first-order valence-corrected chi connectivity index (χ1v) is 7.26. The van der Waals surface area contributed by atoms with Crippen LogP contribution in [0.5, 0.6) is 0 Å². The molecule has 1 nitrogen and oxygen atoms in total. The normalized spacial score (nSPS) is 14.4. The predicted molar refractivity (Wildman–Crippen MR) is 82.2 cm³/mol. The van der Waals surface area contributed by atoms with Crippen molar-refractivity contribution in [1.82, 2.24) is 0 Å². The minimum absolute atomic E-state index is 0.655. The average molecular weight is 292 g/mol. The van der Waals surface area contributed by atoms with Gasteiger partial charge in [-0.2, -0.15) is 0 Å².